The van der Waals surface area contributed by atoms with Crippen LogP contribution in [0.5, 0.6) is 0 Å². The van der Waals surface area contributed by atoms with E-state index >= 15 is 0 Å². The third-order valence-corrected chi connectivity index (χ3v) is 6.87. The Morgan fingerprint density at radius 1 is 1.16 bits per heavy atom. The maximum atomic E-state index is 14.2. The number of carbonyl (C=O) groups excluding carboxylic acids is 1. The van der Waals surface area contributed by atoms with E-state index in [0.29, 0.717) is 12.3 Å². The van der Waals surface area contributed by atoms with E-state index in [9.17, 15) is 9.18 Å². The van der Waals surface area contributed by atoms with Crippen LogP contribution >= 0.6 is 0 Å². The summed E-state index contributed by atoms with van der Waals surface area (Å²) in [4.78, 5) is 20.8. The van der Waals surface area contributed by atoms with Crippen LogP contribution in [-0.2, 0) is 4.79 Å². The molecular weight excluding hydrogens is 391 g/mol. The summed E-state index contributed by atoms with van der Waals surface area (Å²) in [6, 6.07) is 15.7. The number of aliphatic imine (C=N–C) groups is 1. The molecule has 3 atom stereocenters. The van der Waals surface area contributed by atoms with Crippen molar-refractivity contribution in [1.29, 1.82) is 0 Å². The lowest BCUT2D eigenvalue weighted by atomic mass is 9.98. The van der Waals surface area contributed by atoms with Gasteiger partial charge in [-0.15, -0.1) is 0 Å². The molecule has 0 radical (unpaired) electrons. The largest absolute Gasteiger partial charge is 0.353 e. The van der Waals surface area contributed by atoms with Gasteiger partial charge in [0.15, 0.2) is 5.96 Å². The first kappa shape index (κ1) is 20.0. The molecular formula is C25H29FN4O. The molecule has 1 saturated carbocycles. The maximum Gasteiger partial charge on any atom is 0.222 e. The lowest BCUT2D eigenvalue weighted by Gasteiger charge is -2.23. The number of amides is 1. The SMILES string of the molecule is CN=C(NC1CC1c1ccccc1F)N1CC(CCN2CCCC2=O)c2ccccc21. The highest BCUT2D eigenvalue weighted by Gasteiger charge is 2.42. The van der Waals surface area contributed by atoms with Gasteiger partial charge in [0.1, 0.15) is 5.82 Å². The number of hydrogen-bond donors (Lipinski definition) is 1. The Morgan fingerprint density at radius 3 is 2.68 bits per heavy atom. The van der Waals surface area contributed by atoms with Gasteiger partial charge >= 0.3 is 0 Å². The van der Waals surface area contributed by atoms with Crippen LogP contribution < -0.4 is 10.2 Å². The highest BCUT2D eigenvalue weighted by molar-refractivity contribution is 5.98. The van der Waals surface area contributed by atoms with Crippen molar-refractivity contribution in [2.24, 2.45) is 4.99 Å². The van der Waals surface area contributed by atoms with Gasteiger partial charge in [0.2, 0.25) is 5.91 Å². The summed E-state index contributed by atoms with van der Waals surface area (Å²) >= 11 is 0. The van der Waals surface area contributed by atoms with Crippen LogP contribution in [0.25, 0.3) is 0 Å². The Bertz CT molecular complexity index is 1010. The van der Waals surface area contributed by atoms with Gasteiger partial charge in [-0.3, -0.25) is 9.79 Å². The number of halogens is 1. The van der Waals surface area contributed by atoms with E-state index < -0.39 is 0 Å². The minimum atomic E-state index is -0.130. The number of nitrogens with one attached hydrogen (secondary N) is 1. The molecule has 2 aliphatic heterocycles. The standard InChI is InChI=1S/C25H29FN4O/c1-27-25(28-22-15-20(22)19-8-2-4-9-21(19)26)30-16-17(18-7-3-5-10-23(18)30)12-14-29-13-6-11-24(29)31/h2-5,7-10,17,20,22H,6,11-16H2,1H3,(H,27,28). The van der Waals surface area contributed by atoms with Gasteiger partial charge in [-0.05, 0) is 42.5 Å². The van der Waals surface area contributed by atoms with Crippen molar-refractivity contribution >= 4 is 17.6 Å². The van der Waals surface area contributed by atoms with Gasteiger partial charge in [0, 0.05) is 56.7 Å². The second kappa shape index (κ2) is 8.33. The van der Waals surface area contributed by atoms with Gasteiger partial charge in [-0.25, -0.2) is 4.39 Å². The lowest BCUT2D eigenvalue weighted by Crippen LogP contribution is -2.42. The molecule has 3 unspecified atom stereocenters. The topological polar surface area (TPSA) is 47.9 Å². The second-order valence-electron chi connectivity index (χ2n) is 8.80. The molecule has 2 heterocycles. The highest BCUT2D eigenvalue weighted by Crippen LogP contribution is 2.43. The van der Waals surface area contributed by atoms with E-state index in [0.717, 1.165) is 50.4 Å². The summed E-state index contributed by atoms with van der Waals surface area (Å²) in [6.07, 6.45) is 3.54. The molecule has 2 fully saturated rings. The molecule has 0 aromatic heterocycles. The van der Waals surface area contributed by atoms with Crippen LogP contribution in [0.15, 0.2) is 53.5 Å². The zero-order valence-corrected chi connectivity index (χ0v) is 17.9. The Kier molecular flexibility index (Phi) is 5.38. The first-order valence-electron chi connectivity index (χ1n) is 11.3. The van der Waals surface area contributed by atoms with Crippen LogP contribution in [0.2, 0.25) is 0 Å². The number of rotatable bonds is 5. The Morgan fingerprint density at radius 2 is 1.94 bits per heavy atom. The number of fused-ring (bicyclic) bond motifs is 1. The van der Waals surface area contributed by atoms with Crippen molar-refractivity contribution in [3.05, 3.63) is 65.5 Å². The Labute approximate surface area is 183 Å². The number of likely N-dealkylation sites (tertiary alicyclic amines) is 1. The van der Waals surface area contributed by atoms with E-state index in [1.807, 2.05) is 24.1 Å². The van der Waals surface area contributed by atoms with Crippen LogP contribution in [0.1, 0.15) is 48.6 Å². The number of nitrogens with zero attached hydrogens (tertiary/aromatic N) is 3. The van der Waals surface area contributed by atoms with E-state index in [-0.39, 0.29) is 23.7 Å². The van der Waals surface area contributed by atoms with Gasteiger partial charge in [-0.2, -0.15) is 0 Å². The molecule has 6 heteroatoms. The minimum Gasteiger partial charge on any atom is -0.353 e. The average Bonchev–Trinajstić information content (AvgIpc) is 3.27. The summed E-state index contributed by atoms with van der Waals surface area (Å²) < 4.78 is 14.2. The molecule has 1 aliphatic carbocycles. The quantitative estimate of drug-likeness (QED) is 0.590. The molecule has 2 aromatic carbocycles. The van der Waals surface area contributed by atoms with Crippen LogP contribution in [-0.4, -0.2) is 49.5 Å². The van der Waals surface area contributed by atoms with Crippen LogP contribution in [0.4, 0.5) is 10.1 Å². The molecule has 162 valence electrons. The van der Waals surface area contributed by atoms with Crippen molar-refractivity contribution in [3.63, 3.8) is 0 Å². The zero-order chi connectivity index (χ0) is 21.4. The number of benzene rings is 2. The summed E-state index contributed by atoms with van der Waals surface area (Å²) in [6.45, 7) is 2.55. The summed E-state index contributed by atoms with van der Waals surface area (Å²) in [5.74, 6) is 1.55. The van der Waals surface area contributed by atoms with Crippen molar-refractivity contribution in [3.8, 4) is 0 Å². The predicted octanol–water partition coefficient (Wildman–Crippen LogP) is 3.87. The fourth-order valence-electron chi connectivity index (χ4n) is 5.10. The van der Waals surface area contributed by atoms with Gasteiger partial charge in [-0.1, -0.05) is 36.4 Å². The summed E-state index contributed by atoms with van der Waals surface area (Å²) in [7, 11) is 1.81. The second-order valence-corrected chi connectivity index (χ2v) is 8.80. The monoisotopic (exact) mass is 420 g/mol. The van der Waals surface area contributed by atoms with Gasteiger partial charge in [0.25, 0.3) is 0 Å². The third kappa shape index (κ3) is 3.91. The van der Waals surface area contributed by atoms with Crippen molar-refractivity contribution < 1.29 is 9.18 Å². The fourth-order valence-corrected chi connectivity index (χ4v) is 5.10. The van der Waals surface area contributed by atoms with E-state index in [4.69, 9.17) is 0 Å². The zero-order valence-electron chi connectivity index (χ0n) is 17.9. The molecule has 5 nitrogen and oxygen atoms in total. The van der Waals surface area contributed by atoms with Crippen LogP contribution in [0.3, 0.4) is 0 Å². The normalized spacial score (nSPS) is 25.2. The third-order valence-electron chi connectivity index (χ3n) is 6.87. The molecule has 0 bridgehead atoms. The molecule has 1 saturated heterocycles. The van der Waals surface area contributed by atoms with Crippen LogP contribution in [0, 0.1) is 5.82 Å². The van der Waals surface area contributed by atoms with Crippen molar-refractivity contribution in [2.45, 2.75) is 43.6 Å². The van der Waals surface area contributed by atoms with Gasteiger partial charge in [0.05, 0.1) is 0 Å². The summed E-state index contributed by atoms with van der Waals surface area (Å²) in [5.41, 5.74) is 3.28. The summed E-state index contributed by atoms with van der Waals surface area (Å²) in [5, 5.41) is 3.57. The predicted molar refractivity (Wildman–Crippen MR) is 121 cm³/mol. The van der Waals surface area contributed by atoms with Crippen molar-refractivity contribution in [1.82, 2.24) is 10.2 Å². The molecule has 2 aromatic rings. The first-order chi connectivity index (χ1) is 15.2. The molecule has 31 heavy (non-hydrogen) atoms. The number of anilines is 1. The van der Waals surface area contributed by atoms with Crippen molar-refractivity contribution in [2.75, 3.05) is 31.6 Å². The number of hydrogen-bond acceptors (Lipinski definition) is 2. The molecule has 1 amide bonds. The highest BCUT2D eigenvalue weighted by atomic mass is 19.1. The molecule has 1 N–H and O–H groups in total. The molecule has 0 spiro atoms. The molecule has 5 rings (SSSR count). The Balaban J connectivity index is 1.28. The number of guanidine groups is 1. The first-order valence-corrected chi connectivity index (χ1v) is 11.3. The smallest absolute Gasteiger partial charge is 0.222 e. The number of carbonyl (C=O) groups is 1. The lowest BCUT2D eigenvalue weighted by molar-refractivity contribution is -0.127. The van der Waals surface area contributed by atoms with Gasteiger partial charge < -0.3 is 15.1 Å². The van der Waals surface area contributed by atoms with E-state index in [1.54, 1.807) is 6.07 Å². The maximum absolute atomic E-state index is 14.2. The van der Waals surface area contributed by atoms with E-state index in [1.165, 1.54) is 17.3 Å². The van der Waals surface area contributed by atoms with E-state index in [2.05, 4.69) is 39.5 Å². The average molecular weight is 421 g/mol. The fraction of sp³-hybridized carbons (Fsp3) is 0.440. The molecule has 3 aliphatic rings. The number of para-hydroxylation sites is 1. The Hall–Kier alpha value is -2.89. The minimum absolute atomic E-state index is 0.130.